The largest absolute Gasteiger partial charge is 0.493 e. The fraction of sp³-hybridized carbons (Fsp3) is 0.381. The summed E-state index contributed by atoms with van der Waals surface area (Å²) in [5, 5.41) is 7.38. The summed E-state index contributed by atoms with van der Waals surface area (Å²) in [6, 6.07) is 11.7. The summed E-state index contributed by atoms with van der Waals surface area (Å²) in [4.78, 5) is 4.26. The quantitative estimate of drug-likeness (QED) is 0.291. The molecular weight excluding hydrogens is 505 g/mol. The van der Waals surface area contributed by atoms with Crippen LogP contribution in [0.5, 0.6) is 17.2 Å². The minimum absolute atomic E-state index is 0. The van der Waals surface area contributed by atoms with Gasteiger partial charge in [-0.2, -0.15) is 0 Å². The third kappa shape index (κ3) is 7.47. The van der Waals surface area contributed by atoms with Crippen LogP contribution in [0.1, 0.15) is 11.1 Å². The van der Waals surface area contributed by atoms with E-state index in [2.05, 4.69) is 21.7 Å². The van der Waals surface area contributed by atoms with Crippen LogP contribution < -0.4 is 24.8 Å². The van der Waals surface area contributed by atoms with Crippen molar-refractivity contribution in [3.8, 4) is 17.2 Å². The maximum absolute atomic E-state index is 6.02. The molecule has 0 aromatic heterocycles. The predicted molar refractivity (Wildman–Crippen MR) is 130 cm³/mol. The molecule has 2 aromatic carbocycles. The van der Waals surface area contributed by atoms with Gasteiger partial charge in [0.2, 0.25) is 5.75 Å². The van der Waals surface area contributed by atoms with Crippen LogP contribution in [0.4, 0.5) is 0 Å². The number of guanidine groups is 1. The van der Waals surface area contributed by atoms with Crippen LogP contribution in [0, 0.1) is 0 Å². The van der Waals surface area contributed by atoms with E-state index >= 15 is 0 Å². The van der Waals surface area contributed by atoms with Crippen LogP contribution in [0.25, 0.3) is 0 Å². The van der Waals surface area contributed by atoms with Crippen molar-refractivity contribution in [2.45, 2.75) is 12.8 Å². The van der Waals surface area contributed by atoms with Gasteiger partial charge in [0.1, 0.15) is 0 Å². The lowest BCUT2D eigenvalue weighted by Gasteiger charge is -2.16. The number of benzene rings is 2. The second-order valence-corrected chi connectivity index (χ2v) is 6.49. The molecular formula is C21H29ClIN3O3. The van der Waals surface area contributed by atoms with E-state index in [-0.39, 0.29) is 24.0 Å². The molecule has 2 N–H and O–H groups in total. The molecule has 2 rings (SSSR count). The highest BCUT2D eigenvalue weighted by molar-refractivity contribution is 14.0. The molecule has 0 unspecified atom stereocenters. The standard InChI is InChI=1S/C21H28ClN3O3.HI/c1-23-21(24-12-10-15-6-5-7-17(22)14-15)25-13-11-16-8-9-18(26-2)20(28-4)19(16)27-3;/h5-9,14H,10-13H2,1-4H3,(H2,23,24,25);1H. The SMILES string of the molecule is CN=C(NCCc1cccc(Cl)c1)NCCc1ccc(OC)c(OC)c1OC.I. The Morgan fingerprint density at radius 1 is 0.931 bits per heavy atom. The Labute approximate surface area is 195 Å². The van der Waals surface area contributed by atoms with E-state index in [4.69, 9.17) is 25.8 Å². The first kappa shape index (κ1) is 25.2. The molecule has 0 amide bonds. The Balaban J connectivity index is 0.00000420. The van der Waals surface area contributed by atoms with Crippen LogP contribution in [-0.2, 0) is 12.8 Å². The van der Waals surface area contributed by atoms with Gasteiger partial charge in [-0.25, -0.2) is 0 Å². The molecule has 29 heavy (non-hydrogen) atoms. The molecule has 0 saturated carbocycles. The maximum atomic E-state index is 6.02. The van der Waals surface area contributed by atoms with Crippen molar-refractivity contribution >= 4 is 41.5 Å². The number of halogens is 2. The van der Waals surface area contributed by atoms with Crippen molar-refractivity contribution in [2.75, 3.05) is 41.5 Å². The first-order valence-corrected chi connectivity index (χ1v) is 9.47. The fourth-order valence-corrected chi connectivity index (χ4v) is 3.13. The van der Waals surface area contributed by atoms with E-state index in [1.165, 1.54) is 5.56 Å². The van der Waals surface area contributed by atoms with Gasteiger partial charge in [-0.05, 0) is 36.6 Å². The van der Waals surface area contributed by atoms with Gasteiger partial charge < -0.3 is 24.8 Å². The van der Waals surface area contributed by atoms with E-state index in [0.717, 1.165) is 35.9 Å². The zero-order valence-electron chi connectivity index (χ0n) is 17.3. The van der Waals surface area contributed by atoms with Crippen LogP contribution >= 0.6 is 35.6 Å². The van der Waals surface area contributed by atoms with Crippen molar-refractivity contribution < 1.29 is 14.2 Å². The summed E-state index contributed by atoms with van der Waals surface area (Å²) in [5.74, 6) is 2.69. The zero-order chi connectivity index (χ0) is 20.4. The lowest BCUT2D eigenvalue weighted by Crippen LogP contribution is -2.39. The van der Waals surface area contributed by atoms with Gasteiger partial charge in [0, 0.05) is 30.7 Å². The first-order valence-electron chi connectivity index (χ1n) is 9.09. The fourth-order valence-electron chi connectivity index (χ4n) is 2.91. The summed E-state index contributed by atoms with van der Waals surface area (Å²) in [6.07, 6.45) is 1.61. The molecule has 0 spiro atoms. The highest BCUT2D eigenvalue weighted by Crippen LogP contribution is 2.39. The highest BCUT2D eigenvalue weighted by Gasteiger charge is 2.15. The molecule has 0 heterocycles. The Morgan fingerprint density at radius 3 is 2.21 bits per heavy atom. The average molecular weight is 534 g/mol. The first-order chi connectivity index (χ1) is 13.6. The molecule has 2 aromatic rings. The second-order valence-electron chi connectivity index (χ2n) is 6.05. The number of ether oxygens (including phenoxy) is 3. The van der Waals surface area contributed by atoms with E-state index in [1.807, 2.05) is 30.3 Å². The van der Waals surface area contributed by atoms with Crippen molar-refractivity contribution in [3.05, 3.63) is 52.5 Å². The van der Waals surface area contributed by atoms with Crippen LogP contribution in [0.15, 0.2) is 41.4 Å². The van der Waals surface area contributed by atoms with Crippen molar-refractivity contribution in [1.29, 1.82) is 0 Å². The van der Waals surface area contributed by atoms with E-state index in [9.17, 15) is 0 Å². The van der Waals surface area contributed by atoms with Crippen molar-refractivity contribution in [1.82, 2.24) is 10.6 Å². The van der Waals surface area contributed by atoms with Gasteiger partial charge >= 0.3 is 0 Å². The van der Waals surface area contributed by atoms with Gasteiger partial charge in [0.25, 0.3) is 0 Å². The van der Waals surface area contributed by atoms with E-state index in [1.54, 1.807) is 28.4 Å². The molecule has 8 heteroatoms. The highest BCUT2D eigenvalue weighted by atomic mass is 127. The number of nitrogens with zero attached hydrogens (tertiary/aromatic N) is 1. The minimum Gasteiger partial charge on any atom is -0.493 e. The Hall–Kier alpha value is -1.87. The summed E-state index contributed by atoms with van der Waals surface area (Å²) < 4.78 is 16.3. The summed E-state index contributed by atoms with van der Waals surface area (Å²) in [5.41, 5.74) is 2.22. The van der Waals surface area contributed by atoms with Gasteiger partial charge in [0.05, 0.1) is 21.3 Å². The summed E-state index contributed by atoms with van der Waals surface area (Å²) >= 11 is 6.02. The van der Waals surface area contributed by atoms with Gasteiger partial charge in [-0.3, -0.25) is 4.99 Å². The third-order valence-electron chi connectivity index (χ3n) is 4.29. The second kappa shape index (κ2) is 13.4. The molecule has 6 nitrogen and oxygen atoms in total. The molecule has 0 aliphatic heterocycles. The number of rotatable bonds is 9. The number of hydrogen-bond donors (Lipinski definition) is 2. The third-order valence-corrected chi connectivity index (χ3v) is 4.53. The topological polar surface area (TPSA) is 64.1 Å². The smallest absolute Gasteiger partial charge is 0.203 e. The van der Waals surface area contributed by atoms with Crippen LogP contribution in [0.3, 0.4) is 0 Å². The number of aliphatic imine (C=N–C) groups is 1. The molecule has 0 radical (unpaired) electrons. The lowest BCUT2D eigenvalue weighted by molar-refractivity contribution is 0.322. The Kier molecular flexibility index (Phi) is 11.6. The zero-order valence-corrected chi connectivity index (χ0v) is 20.3. The molecule has 0 fully saturated rings. The average Bonchev–Trinajstić information content (AvgIpc) is 2.71. The predicted octanol–water partition coefficient (Wildman–Crippen LogP) is 3.93. The number of methoxy groups -OCH3 is 3. The molecule has 160 valence electrons. The lowest BCUT2D eigenvalue weighted by atomic mass is 10.1. The molecule has 0 saturated heterocycles. The number of hydrogen-bond acceptors (Lipinski definition) is 4. The van der Waals surface area contributed by atoms with Crippen molar-refractivity contribution in [2.24, 2.45) is 4.99 Å². The maximum Gasteiger partial charge on any atom is 0.203 e. The van der Waals surface area contributed by atoms with Crippen molar-refractivity contribution in [3.63, 3.8) is 0 Å². The molecule has 0 bridgehead atoms. The monoisotopic (exact) mass is 533 g/mol. The van der Waals surface area contributed by atoms with Gasteiger partial charge in [-0.1, -0.05) is 29.8 Å². The Morgan fingerprint density at radius 2 is 1.62 bits per heavy atom. The normalized spacial score (nSPS) is 10.7. The van der Waals surface area contributed by atoms with E-state index in [0.29, 0.717) is 23.8 Å². The number of nitrogens with one attached hydrogen (secondary N) is 2. The summed E-state index contributed by atoms with van der Waals surface area (Å²) in [6.45, 7) is 1.46. The van der Waals surface area contributed by atoms with Gasteiger partial charge in [0.15, 0.2) is 17.5 Å². The van der Waals surface area contributed by atoms with Crippen LogP contribution in [-0.4, -0.2) is 47.4 Å². The molecule has 0 atom stereocenters. The Bertz CT molecular complexity index is 803. The van der Waals surface area contributed by atoms with E-state index < -0.39 is 0 Å². The van der Waals surface area contributed by atoms with Crippen LogP contribution in [0.2, 0.25) is 5.02 Å². The summed E-state index contributed by atoms with van der Waals surface area (Å²) in [7, 11) is 6.60. The molecule has 0 aliphatic carbocycles. The minimum atomic E-state index is 0. The molecule has 0 aliphatic rings. The van der Waals surface area contributed by atoms with Gasteiger partial charge in [-0.15, -0.1) is 24.0 Å².